The minimum absolute atomic E-state index is 0.00250. The van der Waals surface area contributed by atoms with Crippen LogP contribution in [0.3, 0.4) is 0 Å². The molecule has 4 fully saturated rings. The fraction of sp³-hybridized carbons (Fsp3) is 0.882. The normalized spacial score (nSPS) is 47.7. The number of hydrogen-bond donors (Lipinski definition) is 1. The molecular weight excluding hydrogens is 282 g/mol. The highest BCUT2D eigenvalue weighted by molar-refractivity contribution is 5.84. The number of carbonyl (C=O) groups is 2. The van der Waals surface area contributed by atoms with Gasteiger partial charge in [-0.05, 0) is 38.6 Å². The van der Waals surface area contributed by atoms with Crippen molar-refractivity contribution >= 4 is 11.8 Å². The van der Waals surface area contributed by atoms with E-state index in [1.54, 1.807) is 0 Å². The molecule has 0 aromatic carbocycles. The molecule has 22 heavy (non-hydrogen) atoms. The molecular formula is C17H25NO4. The number of rotatable bonds is 1. The lowest BCUT2D eigenvalue weighted by Gasteiger charge is -2.66. The topological polar surface area (TPSA) is 66.8 Å². The van der Waals surface area contributed by atoms with Crippen LogP contribution in [-0.4, -0.2) is 52.6 Å². The van der Waals surface area contributed by atoms with Crippen LogP contribution in [-0.2, 0) is 14.3 Å². The van der Waals surface area contributed by atoms with Crippen LogP contribution < -0.4 is 0 Å². The van der Waals surface area contributed by atoms with E-state index in [0.29, 0.717) is 12.2 Å². The summed E-state index contributed by atoms with van der Waals surface area (Å²) >= 11 is 0. The lowest BCUT2D eigenvalue weighted by atomic mass is 9.49. The monoisotopic (exact) mass is 307 g/mol. The smallest absolute Gasteiger partial charge is 0.302 e. The summed E-state index contributed by atoms with van der Waals surface area (Å²) in [4.78, 5) is 26.7. The number of nitrogens with zero attached hydrogens (tertiary/aromatic N) is 1. The van der Waals surface area contributed by atoms with Crippen LogP contribution in [0.25, 0.3) is 0 Å². The van der Waals surface area contributed by atoms with Gasteiger partial charge in [-0.3, -0.25) is 14.5 Å². The van der Waals surface area contributed by atoms with E-state index in [0.717, 1.165) is 45.2 Å². The van der Waals surface area contributed by atoms with Gasteiger partial charge in [-0.25, -0.2) is 0 Å². The molecule has 2 aliphatic heterocycles. The lowest BCUT2D eigenvalue weighted by molar-refractivity contribution is -0.214. The highest BCUT2D eigenvalue weighted by Gasteiger charge is 2.65. The summed E-state index contributed by atoms with van der Waals surface area (Å²) in [6.07, 6.45) is 4.43. The molecule has 6 atom stereocenters. The lowest BCUT2D eigenvalue weighted by Crippen LogP contribution is -2.75. The molecule has 2 bridgehead atoms. The predicted molar refractivity (Wildman–Crippen MR) is 79.0 cm³/mol. The second-order valence-electron chi connectivity index (χ2n) is 7.58. The van der Waals surface area contributed by atoms with Crippen LogP contribution in [0.4, 0.5) is 0 Å². The zero-order valence-electron chi connectivity index (χ0n) is 13.2. The Bertz CT molecular complexity index is 507. The molecule has 2 aliphatic carbocycles. The summed E-state index contributed by atoms with van der Waals surface area (Å²) in [5.74, 6) is 0.216. The first-order chi connectivity index (χ1) is 10.5. The number of ketones is 1. The minimum Gasteiger partial charge on any atom is -0.462 e. The van der Waals surface area contributed by atoms with Gasteiger partial charge in [0.1, 0.15) is 11.9 Å². The van der Waals surface area contributed by atoms with Gasteiger partial charge in [-0.15, -0.1) is 0 Å². The standard InChI is InChI=1S/C17H25NO4/c1-10(19)22-15-4-6-17-12-3-2-7-18(17)8-5-13(20)16(17)11(15)9-14(12)21/h11-13,15-16,20H,2-9H2,1H3/t11-,12-,13+,15+,16+,17+/m1/s1. The van der Waals surface area contributed by atoms with Crippen LogP contribution >= 0.6 is 0 Å². The molecule has 0 aromatic rings. The highest BCUT2D eigenvalue weighted by Crippen LogP contribution is 2.58. The van der Waals surface area contributed by atoms with Crippen molar-refractivity contribution < 1.29 is 19.4 Å². The molecule has 0 unspecified atom stereocenters. The maximum atomic E-state index is 12.8. The highest BCUT2D eigenvalue weighted by atomic mass is 16.5. The molecule has 0 amide bonds. The van der Waals surface area contributed by atoms with E-state index < -0.39 is 0 Å². The van der Waals surface area contributed by atoms with Crippen molar-refractivity contribution in [3.05, 3.63) is 0 Å². The summed E-state index contributed by atoms with van der Waals surface area (Å²) in [5, 5.41) is 10.7. The molecule has 1 N–H and O–H groups in total. The van der Waals surface area contributed by atoms with E-state index in [1.165, 1.54) is 6.92 Å². The van der Waals surface area contributed by atoms with Crippen LogP contribution in [0.5, 0.6) is 0 Å². The summed E-state index contributed by atoms with van der Waals surface area (Å²) in [5.41, 5.74) is -0.160. The van der Waals surface area contributed by atoms with E-state index in [2.05, 4.69) is 4.90 Å². The number of hydrogen-bond acceptors (Lipinski definition) is 5. The molecule has 1 spiro atoms. The molecule has 5 nitrogen and oxygen atoms in total. The first kappa shape index (κ1) is 14.6. The number of aliphatic hydroxyl groups excluding tert-OH is 1. The molecule has 5 heteroatoms. The fourth-order valence-corrected chi connectivity index (χ4v) is 6.13. The summed E-state index contributed by atoms with van der Waals surface area (Å²) < 4.78 is 5.52. The second kappa shape index (κ2) is 5.03. The van der Waals surface area contributed by atoms with Gasteiger partial charge in [-0.2, -0.15) is 0 Å². The van der Waals surface area contributed by atoms with Gasteiger partial charge >= 0.3 is 5.97 Å². The van der Waals surface area contributed by atoms with Crippen LogP contribution in [0.2, 0.25) is 0 Å². The van der Waals surface area contributed by atoms with Crippen molar-refractivity contribution in [2.24, 2.45) is 17.8 Å². The number of esters is 1. The maximum Gasteiger partial charge on any atom is 0.302 e. The predicted octanol–water partition coefficient (Wildman–Crippen LogP) is 1.13. The van der Waals surface area contributed by atoms with Gasteiger partial charge in [0.05, 0.1) is 6.10 Å². The molecule has 122 valence electrons. The van der Waals surface area contributed by atoms with Gasteiger partial charge in [0, 0.05) is 43.2 Å². The van der Waals surface area contributed by atoms with Crippen molar-refractivity contribution in [3.8, 4) is 0 Å². The van der Waals surface area contributed by atoms with E-state index >= 15 is 0 Å². The molecule has 2 heterocycles. The molecule has 0 radical (unpaired) electrons. The van der Waals surface area contributed by atoms with Crippen molar-refractivity contribution in [2.45, 2.75) is 63.2 Å². The Hall–Kier alpha value is -0.940. The number of ether oxygens (including phenoxy) is 1. The SMILES string of the molecule is CC(=O)O[C@H]1CC[C@@]23[C@H]4[C@@H]1CC(=O)[C@H]2CCCN3CC[C@@H]4O. The number of aliphatic hydroxyl groups is 1. The summed E-state index contributed by atoms with van der Waals surface area (Å²) in [7, 11) is 0. The molecule has 4 aliphatic rings. The number of carbonyl (C=O) groups excluding carboxylic acids is 2. The Kier molecular flexibility index (Phi) is 3.35. The summed E-state index contributed by atoms with van der Waals surface area (Å²) in [6, 6.07) is 0. The molecule has 0 aromatic heterocycles. The zero-order chi connectivity index (χ0) is 15.5. The average Bonchev–Trinajstić information content (AvgIpc) is 2.47. The second-order valence-corrected chi connectivity index (χ2v) is 7.58. The Balaban J connectivity index is 1.75. The van der Waals surface area contributed by atoms with Crippen molar-refractivity contribution in [3.63, 3.8) is 0 Å². The van der Waals surface area contributed by atoms with Gasteiger partial charge in [0.2, 0.25) is 0 Å². The minimum atomic E-state index is -0.367. The van der Waals surface area contributed by atoms with E-state index in [4.69, 9.17) is 4.74 Å². The van der Waals surface area contributed by atoms with Crippen molar-refractivity contribution in [1.82, 2.24) is 4.90 Å². The number of piperidine rings is 2. The Morgan fingerprint density at radius 1 is 1.32 bits per heavy atom. The maximum absolute atomic E-state index is 12.8. The van der Waals surface area contributed by atoms with Gasteiger partial charge < -0.3 is 9.84 Å². The van der Waals surface area contributed by atoms with Gasteiger partial charge in [0.15, 0.2) is 0 Å². The third-order valence-electron chi connectivity index (χ3n) is 6.71. The van der Waals surface area contributed by atoms with Crippen molar-refractivity contribution in [1.29, 1.82) is 0 Å². The average molecular weight is 307 g/mol. The fourth-order valence-electron chi connectivity index (χ4n) is 6.13. The third kappa shape index (κ3) is 1.84. The van der Waals surface area contributed by atoms with Crippen LogP contribution in [0.1, 0.15) is 45.4 Å². The Morgan fingerprint density at radius 2 is 2.14 bits per heavy atom. The molecule has 2 saturated carbocycles. The van der Waals surface area contributed by atoms with Gasteiger partial charge in [0.25, 0.3) is 0 Å². The summed E-state index contributed by atoms with van der Waals surface area (Å²) in [6.45, 7) is 3.37. The quantitative estimate of drug-likeness (QED) is 0.736. The van der Waals surface area contributed by atoms with Crippen LogP contribution in [0, 0.1) is 17.8 Å². The van der Waals surface area contributed by atoms with Crippen LogP contribution in [0.15, 0.2) is 0 Å². The Labute approximate surface area is 131 Å². The van der Waals surface area contributed by atoms with E-state index in [9.17, 15) is 14.7 Å². The zero-order valence-corrected chi connectivity index (χ0v) is 13.2. The number of Topliss-reactive ketones (excluding diaryl/α,β-unsaturated/α-hetero) is 1. The largest absolute Gasteiger partial charge is 0.462 e. The van der Waals surface area contributed by atoms with E-state index in [1.807, 2.05) is 0 Å². The van der Waals surface area contributed by atoms with Gasteiger partial charge in [-0.1, -0.05) is 0 Å². The molecule has 4 rings (SSSR count). The third-order valence-corrected chi connectivity index (χ3v) is 6.71. The van der Waals surface area contributed by atoms with E-state index in [-0.39, 0.29) is 41.5 Å². The molecule has 2 saturated heterocycles. The first-order valence-electron chi connectivity index (χ1n) is 8.67. The first-order valence-corrected chi connectivity index (χ1v) is 8.67. The Morgan fingerprint density at radius 3 is 2.91 bits per heavy atom. The van der Waals surface area contributed by atoms with Crippen molar-refractivity contribution in [2.75, 3.05) is 13.1 Å².